The van der Waals surface area contributed by atoms with Crippen LogP contribution in [0.2, 0.25) is 0 Å². The maximum Gasteiger partial charge on any atom is 0.326 e. The molecule has 0 aliphatic rings. The molecule has 7 nitrogen and oxygen atoms in total. The fourth-order valence-corrected chi connectivity index (χ4v) is 2.40. The smallest absolute Gasteiger partial charge is 0.326 e. The van der Waals surface area contributed by atoms with Crippen LogP contribution in [0.25, 0.3) is 0 Å². The lowest BCUT2D eigenvalue weighted by Gasteiger charge is -2.22. The van der Waals surface area contributed by atoms with Gasteiger partial charge in [-0.05, 0) is 39.1 Å². The molecule has 2 unspecified atom stereocenters. The quantitative estimate of drug-likeness (QED) is 0.657. The fraction of sp³-hybridized carbons (Fsp3) is 0.562. The number of nitrogens with one attached hydrogen (secondary N) is 2. The average molecular weight is 356 g/mol. The summed E-state index contributed by atoms with van der Waals surface area (Å²) in [6.07, 6.45) is 0.143. The van der Waals surface area contributed by atoms with Gasteiger partial charge in [-0.15, -0.1) is 11.3 Å². The number of amides is 2. The van der Waals surface area contributed by atoms with E-state index in [-0.39, 0.29) is 24.5 Å². The van der Waals surface area contributed by atoms with E-state index in [4.69, 9.17) is 4.74 Å². The highest BCUT2D eigenvalue weighted by molar-refractivity contribution is 7.12. The first kappa shape index (κ1) is 20.1. The first-order chi connectivity index (χ1) is 11.1. The molecule has 1 rings (SSSR count). The van der Waals surface area contributed by atoms with Gasteiger partial charge in [0, 0.05) is 13.0 Å². The summed E-state index contributed by atoms with van der Waals surface area (Å²) in [6.45, 7) is 7.30. The second-order valence-corrected chi connectivity index (χ2v) is 7.27. The number of rotatable bonds is 8. The summed E-state index contributed by atoms with van der Waals surface area (Å²) in [5.41, 5.74) is -0.380. The van der Waals surface area contributed by atoms with E-state index >= 15 is 0 Å². The Morgan fingerprint density at radius 1 is 1.29 bits per heavy atom. The molecule has 8 heteroatoms. The van der Waals surface area contributed by atoms with Crippen LogP contribution in [0.15, 0.2) is 17.5 Å². The molecule has 0 aromatic carbocycles. The molecule has 1 aromatic rings. The monoisotopic (exact) mass is 356 g/mol. The Hall–Kier alpha value is -1.93. The van der Waals surface area contributed by atoms with Crippen molar-refractivity contribution in [2.45, 2.75) is 51.8 Å². The molecule has 24 heavy (non-hydrogen) atoms. The van der Waals surface area contributed by atoms with E-state index < -0.39 is 24.0 Å². The molecule has 0 spiro atoms. The van der Waals surface area contributed by atoms with Gasteiger partial charge in [0.2, 0.25) is 5.91 Å². The van der Waals surface area contributed by atoms with Gasteiger partial charge in [0.25, 0.3) is 5.91 Å². The van der Waals surface area contributed by atoms with Crippen LogP contribution in [0.5, 0.6) is 0 Å². The molecule has 0 fully saturated rings. The minimum Gasteiger partial charge on any atom is -0.480 e. The number of hydrogen-bond acceptors (Lipinski definition) is 5. The number of hydrogen-bond donors (Lipinski definition) is 3. The van der Waals surface area contributed by atoms with E-state index in [9.17, 15) is 19.5 Å². The zero-order valence-corrected chi connectivity index (χ0v) is 15.1. The normalized spacial score (nSPS) is 13.8. The first-order valence-corrected chi connectivity index (χ1v) is 8.49. The molecule has 0 radical (unpaired) electrons. The van der Waals surface area contributed by atoms with Gasteiger partial charge in [-0.3, -0.25) is 9.59 Å². The molecule has 0 aliphatic heterocycles. The molecule has 3 N–H and O–H groups in total. The highest BCUT2D eigenvalue weighted by atomic mass is 32.1. The number of carbonyl (C=O) groups is 3. The van der Waals surface area contributed by atoms with Crippen molar-refractivity contribution >= 4 is 29.1 Å². The average Bonchev–Trinajstić information content (AvgIpc) is 2.98. The highest BCUT2D eigenvalue weighted by Gasteiger charge is 2.24. The summed E-state index contributed by atoms with van der Waals surface area (Å²) in [5, 5.41) is 15.9. The molecule has 1 aromatic heterocycles. The van der Waals surface area contributed by atoms with E-state index in [1.165, 1.54) is 18.3 Å². The van der Waals surface area contributed by atoms with Gasteiger partial charge in [-0.2, -0.15) is 0 Å². The number of ether oxygens (including phenoxy) is 1. The second kappa shape index (κ2) is 8.79. The Labute approximate surface area is 145 Å². The number of carbonyl (C=O) groups excluding carboxylic acids is 2. The lowest BCUT2D eigenvalue weighted by molar-refractivity contribution is -0.143. The van der Waals surface area contributed by atoms with Gasteiger partial charge in [-0.25, -0.2) is 4.79 Å². The molecule has 0 bridgehead atoms. The molecule has 0 aliphatic carbocycles. The van der Waals surface area contributed by atoms with Gasteiger partial charge >= 0.3 is 5.97 Å². The van der Waals surface area contributed by atoms with Crippen LogP contribution in [0.4, 0.5) is 0 Å². The summed E-state index contributed by atoms with van der Waals surface area (Å²) < 4.78 is 5.48. The number of thiophene rings is 1. The predicted molar refractivity (Wildman–Crippen MR) is 91.1 cm³/mol. The van der Waals surface area contributed by atoms with E-state index in [0.717, 1.165) is 0 Å². The lowest BCUT2D eigenvalue weighted by Crippen LogP contribution is -2.50. The standard InChI is InChI=1S/C16H24N2O5S/c1-10(17-14(20)12-6-5-9-24-12)13(19)18-11(15(21)22)7-8-23-16(2,3)4/h5-6,9-11H,7-8H2,1-4H3,(H,17,20)(H,18,19)(H,21,22). The van der Waals surface area contributed by atoms with Gasteiger partial charge in [0.05, 0.1) is 10.5 Å². The van der Waals surface area contributed by atoms with E-state index in [0.29, 0.717) is 4.88 Å². The topological polar surface area (TPSA) is 105 Å². The zero-order chi connectivity index (χ0) is 18.3. The SMILES string of the molecule is CC(NC(=O)c1cccs1)C(=O)NC(CCOC(C)(C)C)C(=O)O. The molecule has 134 valence electrons. The minimum absolute atomic E-state index is 0.143. The molecule has 0 saturated carbocycles. The van der Waals surface area contributed by atoms with Crippen molar-refractivity contribution in [1.82, 2.24) is 10.6 Å². The van der Waals surface area contributed by atoms with Crippen molar-refractivity contribution < 1.29 is 24.2 Å². The Balaban J connectivity index is 2.51. The Morgan fingerprint density at radius 3 is 2.46 bits per heavy atom. The third kappa shape index (κ3) is 7.10. The van der Waals surface area contributed by atoms with Gasteiger partial charge in [0.1, 0.15) is 12.1 Å². The van der Waals surface area contributed by atoms with Gasteiger partial charge in [0.15, 0.2) is 0 Å². The Bertz CT molecular complexity index is 566. The van der Waals surface area contributed by atoms with E-state index in [2.05, 4.69) is 10.6 Å². The third-order valence-electron chi connectivity index (χ3n) is 3.04. The summed E-state index contributed by atoms with van der Waals surface area (Å²) in [5.74, 6) is -2.06. The Kier molecular flexibility index (Phi) is 7.37. The first-order valence-electron chi connectivity index (χ1n) is 7.61. The summed E-state index contributed by atoms with van der Waals surface area (Å²) in [6, 6.07) is 1.47. The van der Waals surface area contributed by atoms with Crippen LogP contribution >= 0.6 is 11.3 Å². The fourth-order valence-electron chi connectivity index (χ4n) is 1.78. The van der Waals surface area contributed by atoms with E-state index in [1.807, 2.05) is 20.8 Å². The number of carboxylic acid groups (broad SMARTS) is 1. The molecule has 1 heterocycles. The zero-order valence-electron chi connectivity index (χ0n) is 14.3. The molecule has 2 amide bonds. The van der Waals surface area contributed by atoms with Crippen LogP contribution in [-0.2, 0) is 14.3 Å². The van der Waals surface area contributed by atoms with Gasteiger partial charge < -0.3 is 20.5 Å². The maximum absolute atomic E-state index is 12.1. The molecular weight excluding hydrogens is 332 g/mol. The van der Waals surface area contributed by atoms with Crippen molar-refractivity contribution in [2.24, 2.45) is 0 Å². The van der Waals surface area contributed by atoms with Crippen LogP contribution in [-0.4, -0.2) is 47.2 Å². The van der Waals surface area contributed by atoms with Crippen LogP contribution < -0.4 is 10.6 Å². The van der Waals surface area contributed by atoms with Gasteiger partial charge in [-0.1, -0.05) is 6.07 Å². The lowest BCUT2D eigenvalue weighted by atomic mass is 10.1. The van der Waals surface area contributed by atoms with Crippen molar-refractivity contribution in [1.29, 1.82) is 0 Å². The minimum atomic E-state index is -1.14. The van der Waals surface area contributed by atoms with Crippen LogP contribution in [0.1, 0.15) is 43.8 Å². The van der Waals surface area contributed by atoms with Crippen LogP contribution in [0.3, 0.4) is 0 Å². The summed E-state index contributed by atoms with van der Waals surface area (Å²) >= 11 is 1.26. The van der Waals surface area contributed by atoms with Crippen molar-refractivity contribution in [3.8, 4) is 0 Å². The molecular formula is C16H24N2O5S. The largest absolute Gasteiger partial charge is 0.480 e. The van der Waals surface area contributed by atoms with E-state index in [1.54, 1.807) is 17.5 Å². The number of aliphatic carboxylic acids is 1. The predicted octanol–water partition coefficient (Wildman–Crippen LogP) is 1.64. The maximum atomic E-state index is 12.1. The third-order valence-corrected chi connectivity index (χ3v) is 3.91. The molecule has 0 saturated heterocycles. The van der Waals surface area contributed by atoms with Crippen LogP contribution in [0, 0.1) is 0 Å². The molecule has 2 atom stereocenters. The van der Waals surface area contributed by atoms with Crippen molar-refractivity contribution in [2.75, 3.05) is 6.61 Å². The van der Waals surface area contributed by atoms with Crippen molar-refractivity contribution in [3.63, 3.8) is 0 Å². The summed E-state index contributed by atoms with van der Waals surface area (Å²) in [7, 11) is 0. The Morgan fingerprint density at radius 2 is 1.96 bits per heavy atom. The summed E-state index contributed by atoms with van der Waals surface area (Å²) in [4.78, 5) is 35.8. The number of carboxylic acids is 1. The highest BCUT2D eigenvalue weighted by Crippen LogP contribution is 2.09. The van der Waals surface area contributed by atoms with Crippen molar-refractivity contribution in [3.05, 3.63) is 22.4 Å². The second-order valence-electron chi connectivity index (χ2n) is 6.32.